The van der Waals surface area contributed by atoms with Crippen molar-refractivity contribution in [1.29, 1.82) is 0 Å². The lowest BCUT2D eigenvalue weighted by atomic mass is 10.1. The minimum atomic E-state index is -0.769. The molecule has 4 rings (SSSR count). The van der Waals surface area contributed by atoms with Crippen LogP contribution in [0.4, 0.5) is 5.69 Å². The number of benzene rings is 3. The smallest absolute Gasteiger partial charge is 0.265 e. The van der Waals surface area contributed by atoms with Gasteiger partial charge in [-0.05, 0) is 58.6 Å². The molecule has 1 amide bonds. The van der Waals surface area contributed by atoms with Crippen molar-refractivity contribution in [3.8, 4) is 11.5 Å². The highest BCUT2D eigenvalue weighted by Gasteiger charge is 2.09. The molecule has 2 N–H and O–H groups in total. The van der Waals surface area contributed by atoms with Crippen molar-refractivity contribution in [2.75, 3.05) is 18.5 Å². The van der Waals surface area contributed by atoms with E-state index in [1.54, 1.807) is 30.3 Å². The zero-order valence-corrected chi connectivity index (χ0v) is 17.0. The second kappa shape index (κ2) is 9.43. The Labute approximate surface area is 178 Å². The van der Waals surface area contributed by atoms with Gasteiger partial charge in [-0.25, -0.2) is 0 Å². The van der Waals surface area contributed by atoms with E-state index in [0.717, 1.165) is 10.8 Å². The van der Waals surface area contributed by atoms with Gasteiger partial charge in [-0.3, -0.25) is 4.79 Å². The van der Waals surface area contributed by atoms with Gasteiger partial charge in [-0.2, -0.15) is 0 Å². The normalized spacial score (nSPS) is 11.8. The third-order valence-electron chi connectivity index (χ3n) is 4.46. The maximum Gasteiger partial charge on any atom is 0.265 e. The average Bonchev–Trinajstić information content (AvgIpc) is 3.32. The number of amides is 1. The Balaban J connectivity index is 1.24. The Kier molecular flexibility index (Phi) is 6.27. The van der Waals surface area contributed by atoms with E-state index in [9.17, 15) is 9.90 Å². The van der Waals surface area contributed by atoms with Crippen LogP contribution in [0.3, 0.4) is 0 Å². The Morgan fingerprint density at radius 1 is 0.867 bits per heavy atom. The van der Waals surface area contributed by atoms with Gasteiger partial charge in [0.25, 0.3) is 5.91 Å². The van der Waals surface area contributed by atoms with Crippen LogP contribution in [0.2, 0.25) is 0 Å². The van der Waals surface area contributed by atoms with Crippen LogP contribution in [0.1, 0.15) is 9.67 Å². The van der Waals surface area contributed by atoms with Crippen LogP contribution < -0.4 is 14.8 Å². The van der Waals surface area contributed by atoms with Crippen molar-refractivity contribution in [2.24, 2.45) is 0 Å². The highest BCUT2D eigenvalue weighted by Crippen LogP contribution is 2.21. The third kappa shape index (κ3) is 5.17. The number of aliphatic hydroxyl groups excluding tert-OH is 1. The summed E-state index contributed by atoms with van der Waals surface area (Å²) in [6, 6.07) is 24.5. The number of hydrogen-bond acceptors (Lipinski definition) is 5. The van der Waals surface area contributed by atoms with Crippen LogP contribution in [0.5, 0.6) is 11.5 Å². The fourth-order valence-corrected chi connectivity index (χ4v) is 3.54. The van der Waals surface area contributed by atoms with E-state index in [2.05, 4.69) is 5.32 Å². The van der Waals surface area contributed by atoms with Crippen LogP contribution in [-0.2, 0) is 0 Å². The van der Waals surface area contributed by atoms with Gasteiger partial charge in [0.15, 0.2) is 0 Å². The molecule has 5 nitrogen and oxygen atoms in total. The molecule has 0 saturated carbocycles. The van der Waals surface area contributed by atoms with Gasteiger partial charge in [0.05, 0.1) is 4.88 Å². The summed E-state index contributed by atoms with van der Waals surface area (Å²) in [5, 5.41) is 17.1. The molecule has 1 unspecified atom stereocenters. The molecule has 0 aliphatic heterocycles. The molecule has 3 aromatic carbocycles. The minimum absolute atomic E-state index is 0.106. The number of carbonyl (C=O) groups excluding carboxylic acids is 1. The van der Waals surface area contributed by atoms with E-state index in [4.69, 9.17) is 9.47 Å². The number of rotatable bonds is 8. The van der Waals surface area contributed by atoms with Gasteiger partial charge in [-0.1, -0.05) is 36.4 Å². The molecule has 30 heavy (non-hydrogen) atoms. The van der Waals surface area contributed by atoms with E-state index in [1.807, 2.05) is 53.9 Å². The van der Waals surface area contributed by atoms with Gasteiger partial charge >= 0.3 is 0 Å². The van der Waals surface area contributed by atoms with Gasteiger partial charge < -0.3 is 19.9 Å². The topological polar surface area (TPSA) is 67.8 Å². The monoisotopic (exact) mass is 419 g/mol. The van der Waals surface area contributed by atoms with Crippen LogP contribution in [0, 0.1) is 0 Å². The molecule has 152 valence electrons. The first-order chi connectivity index (χ1) is 14.7. The Morgan fingerprint density at radius 3 is 2.30 bits per heavy atom. The number of fused-ring (bicyclic) bond motifs is 1. The van der Waals surface area contributed by atoms with Crippen molar-refractivity contribution in [2.45, 2.75) is 6.10 Å². The molecule has 0 fully saturated rings. The summed E-state index contributed by atoms with van der Waals surface area (Å²) in [4.78, 5) is 12.7. The summed E-state index contributed by atoms with van der Waals surface area (Å²) in [7, 11) is 0. The molecule has 4 aromatic rings. The van der Waals surface area contributed by atoms with Gasteiger partial charge in [0, 0.05) is 5.69 Å². The summed E-state index contributed by atoms with van der Waals surface area (Å²) >= 11 is 1.39. The fraction of sp³-hybridized carbons (Fsp3) is 0.125. The number of thiophene rings is 1. The number of aliphatic hydroxyl groups is 1. The second-order valence-electron chi connectivity index (χ2n) is 6.74. The third-order valence-corrected chi connectivity index (χ3v) is 5.33. The molecular formula is C24H21NO4S. The maximum absolute atomic E-state index is 12.1. The molecule has 0 radical (unpaired) electrons. The van der Waals surface area contributed by atoms with E-state index in [1.165, 1.54) is 11.3 Å². The average molecular weight is 420 g/mol. The molecule has 1 heterocycles. The summed E-state index contributed by atoms with van der Waals surface area (Å²) in [5.41, 5.74) is 0.681. The first-order valence-electron chi connectivity index (χ1n) is 9.55. The first-order valence-corrected chi connectivity index (χ1v) is 10.4. The minimum Gasteiger partial charge on any atom is -0.491 e. The van der Waals surface area contributed by atoms with Gasteiger partial charge in [0.1, 0.15) is 30.8 Å². The molecule has 0 aliphatic rings. The largest absolute Gasteiger partial charge is 0.491 e. The van der Waals surface area contributed by atoms with Crippen LogP contribution in [0.25, 0.3) is 10.8 Å². The summed E-state index contributed by atoms with van der Waals surface area (Å²) in [6.45, 7) is 0.238. The van der Waals surface area contributed by atoms with Gasteiger partial charge in [0.2, 0.25) is 0 Å². The molecule has 0 bridgehead atoms. The molecule has 0 aliphatic carbocycles. The van der Waals surface area contributed by atoms with E-state index >= 15 is 0 Å². The Bertz CT molecular complexity index is 1110. The van der Waals surface area contributed by atoms with Crippen molar-refractivity contribution < 1.29 is 19.4 Å². The van der Waals surface area contributed by atoms with Crippen molar-refractivity contribution in [3.63, 3.8) is 0 Å². The predicted octanol–water partition coefficient (Wildman–Crippen LogP) is 4.97. The van der Waals surface area contributed by atoms with Crippen molar-refractivity contribution in [3.05, 3.63) is 89.1 Å². The van der Waals surface area contributed by atoms with Crippen LogP contribution in [-0.4, -0.2) is 30.3 Å². The van der Waals surface area contributed by atoms with Crippen molar-refractivity contribution in [1.82, 2.24) is 0 Å². The molecule has 0 spiro atoms. The number of anilines is 1. The lowest BCUT2D eigenvalue weighted by molar-refractivity contribution is 0.0627. The lowest BCUT2D eigenvalue weighted by Crippen LogP contribution is -2.25. The lowest BCUT2D eigenvalue weighted by Gasteiger charge is -2.14. The Morgan fingerprint density at radius 2 is 1.57 bits per heavy atom. The van der Waals surface area contributed by atoms with E-state index in [0.29, 0.717) is 22.1 Å². The predicted molar refractivity (Wildman–Crippen MR) is 120 cm³/mol. The SMILES string of the molecule is O=C(Nc1ccc(OCC(O)COc2ccc3ccccc3c2)cc1)c1cccs1. The first kappa shape index (κ1) is 19.9. The number of ether oxygens (including phenoxy) is 2. The highest BCUT2D eigenvalue weighted by atomic mass is 32.1. The number of carbonyl (C=O) groups is 1. The van der Waals surface area contributed by atoms with E-state index in [-0.39, 0.29) is 19.1 Å². The standard InChI is InChI=1S/C24H21NO4S/c26-20(16-29-22-10-7-17-4-1-2-5-18(17)14-22)15-28-21-11-8-19(9-12-21)25-24(27)23-6-3-13-30-23/h1-14,20,26H,15-16H2,(H,25,27). The molecule has 1 atom stereocenters. The zero-order chi connectivity index (χ0) is 20.8. The zero-order valence-electron chi connectivity index (χ0n) is 16.2. The highest BCUT2D eigenvalue weighted by molar-refractivity contribution is 7.12. The maximum atomic E-state index is 12.1. The second-order valence-corrected chi connectivity index (χ2v) is 7.69. The molecular weight excluding hydrogens is 398 g/mol. The summed E-state index contributed by atoms with van der Waals surface area (Å²) in [6.07, 6.45) is -0.769. The molecule has 0 saturated heterocycles. The van der Waals surface area contributed by atoms with Gasteiger partial charge in [-0.15, -0.1) is 11.3 Å². The fourth-order valence-electron chi connectivity index (χ4n) is 2.93. The molecule has 1 aromatic heterocycles. The number of hydrogen-bond donors (Lipinski definition) is 2. The van der Waals surface area contributed by atoms with Crippen molar-refractivity contribution >= 4 is 33.7 Å². The van der Waals surface area contributed by atoms with Crippen LogP contribution in [0.15, 0.2) is 84.2 Å². The number of nitrogens with one attached hydrogen (secondary N) is 1. The quantitative estimate of drug-likeness (QED) is 0.423. The summed E-state index contributed by atoms with van der Waals surface area (Å²) < 4.78 is 11.3. The Hall–Kier alpha value is -3.35. The molecule has 6 heteroatoms. The van der Waals surface area contributed by atoms with E-state index < -0.39 is 6.10 Å². The van der Waals surface area contributed by atoms with Crippen LogP contribution >= 0.6 is 11.3 Å². The summed E-state index contributed by atoms with van der Waals surface area (Å²) in [5.74, 6) is 1.17.